The molecular weight excluding hydrogens is 212 g/mol. The zero-order chi connectivity index (χ0) is 12.0. The molecule has 0 aromatic carbocycles. The topological polar surface area (TPSA) is 37.3 Å². The number of hydrogen-bond donors (Lipinski definition) is 1. The molecule has 2 nitrogen and oxygen atoms in total. The highest BCUT2D eigenvalue weighted by Gasteiger charge is 2.58. The van der Waals surface area contributed by atoms with Gasteiger partial charge in [0.05, 0.1) is 5.60 Å². The second-order valence-corrected chi connectivity index (χ2v) is 6.41. The lowest BCUT2D eigenvalue weighted by Gasteiger charge is -2.56. The minimum absolute atomic E-state index is 0.0191. The van der Waals surface area contributed by atoms with E-state index in [1.54, 1.807) is 0 Å². The van der Waals surface area contributed by atoms with Crippen molar-refractivity contribution in [2.45, 2.75) is 63.9 Å². The fourth-order valence-corrected chi connectivity index (χ4v) is 5.08. The second kappa shape index (κ2) is 4.08. The lowest BCUT2D eigenvalue weighted by Crippen LogP contribution is -2.61. The maximum absolute atomic E-state index is 12.5. The Bertz CT molecular complexity index is 325. The molecule has 0 spiro atoms. The highest BCUT2D eigenvalue weighted by molar-refractivity contribution is 5.86. The van der Waals surface area contributed by atoms with Gasteiger partial charge in [0.1, 0.15) is 5.78 Å². The van der Waals surface area contributed by atoms with Gasteiger partial charge in [0.25, 0.3) is 0 Å². The van der Waals surface area contributed by atoms with Crippen molar-refractivity contribution in [3.8, 4) is 0 Å². The summed E-state index contributed by atoms with van der Waals surface area (Å²) < 4.78 is 0. The van der Waals surface area contributed by atoms with E-state index in [0.29, 0.717) is 17.6 Å². The molecule has 0 heterocycles. The molecule has 0 unspecified atom stereocenters. The molecule has 0 aromatic rings. The van der Waals surface area contributed by atoms with Crippen LogP contribution in [0.5, 0.6) is 0 Å². The number of ketones is 1. The Labute approximate surface area is 104 Å². The van der Waals surface area contributed by atoms with Crippen molar-refractivity contribution in [2.75, 3.05) is 0 Å². The number of rotatable bonds is 1. The Morgan fingerprint density at radius 3 is 2.82 bits per heavy atom. The van der Waals surface area contributed by atoms with Gasteiger partial charge < -0.3 is 5.11 Å². The molecule has 17 heavy (non-hydrogen) atoms. The minimum atomic E-state index is -0.632. The number of carbonyl (C=O) groups excluding carboxylic acids is 1. The van der Waals surface area contributed by atoms with Crippen LogP contribution in [0.25, 0.3) is 0 Å². The minimum Gasteiger partial charge on any atom is -0.389 e. The number of carbonyl (C=O) groups is 1. The first-order chi connectivity index (χ1) is 8.18. The van der Waals surface area contributed by atoms with E-state index in [-0.39, 0.29) is 11.8 Å². The number of Topliss-reactive ketones (excluding diaryl/α,β-unsaturated/α-hetero) is 1. The van der Waals surface area contributed by atoms with Crippen LogP contribution in [0.4, 0.5) is 0 Å². The molecule has 0 saturated heterocycles. The van der Waals surface area contributed by atoms with Gasteiger partial charge in [-0.3, -0.25) is 4.79 Å². The van der Waals surface area contributed by atoms with E-state index in [0.717, 1.165) is 44.9 Å². The molecule has 0 radical (unpaired) electrons. The van der Waals surface area contributed by atoms with Crippen LogP contribution in [0.1, 0.15) is 58.3 Å². The van der Waals surface area contributed by atoms with Crippen LogP contribution in [0, 0.1) is 23.7 Å². The maximum Gasteiger partial charge on any atom is 0.142 e. The van der Waals surface area contributed by atoms with Gasteiger partial charge >= 0.3 is 0 Å². The van der Waals surface area contributed by atoms with E-state index in [1.807, 2.05) is 0 Å². The smallest absolute Gasteiger partial charge is 0.142 e. The molecule has 2 heteroatoms. The van der Waals surface area contributed by atoms with Gasteiger partial charge in [0.2, 0.25) is 0 Å². The van der Waals surface area contributed by atoms with Crippen molar-refractivity contribution in [2.24, 2.45) is 23.7 Å². The molecule has 0 amide bonds. The predicted molar refractivity (Wildman–Crippen MR) is 66.5 cm³/mol. The van der Waals surface area contributed by atoms with Crippen LogP contribution in [0.3, 0.4) is 0 Å². The van der Waals surface area contributed by atoms with E-state index in [2.05, 4.69) is 6.92 Å². The highest BCUT2D eigenvalue weighted by Crippen LogP contribution is 2.55. The van der Waals surface area contributed by atoms with Crippen LogP contribution >= 0.6 is 0 Å². The first-order valence-electron chi connectivity index (χ1n) is 7.44. The van der Waals surface area contributed by atoms with Crippen molar-refractivity contribution >= 4 is 5.78 Å². The van der Waals surface area contributed by atoms with Crippen molar-refractivity contribution in [3.05, 3.63) is 0 Å². The Kier molecular flexibility index (Phi) is 2.81. The van der Waals surface area contributed by atoms with E-state index < -0.39 is 5.60 Å². The molecule has 3 saturated carbocycles. The molecule has 3 aliphatic carbocycles. The van der Waals surface area contributed by atoms with Gasteiger partial charge in [-0.15, -0.1) is 0 Å². The van der Waals surface area contributed by atoms with Crippen LogP contribution in [0.15, 0.2) is 0 Å². The fourth-order valence-electron chi connectivity index (χ4n) is 5.08. The summed E-state index contributed by atoms with van der Waals surface area (Å²) in [6.45, 7) is 2.20. The Morgan fingerprint density at radius 2 is 2.06 bits per heavy atom. The molecule has 2 bridgehead atoms. The number of hydrogen-bond acceptors (Lipinski definition) is 2. The largest absolute Gasteiger partial charge is 0.389 e. The number of aliphatic hydroxyl groups is 1. The molecule has 0 aliphatic heterocycles. The maximum atomic E-state index is 12.5. The molecule has 1 N–H and O–H groups in total. The highest BCUT2D eigenvalue weighted by atomic mass is 16.3. The summed E-state index contributed by atoms with van der Waals surface area (Å²) >= 11 is 0. The third-order valence-corrected chi connectivity index (χ3v) is 5.81. The molecule has 5 atom stereocenters. The molecular formula is C15H24O2. The molecule has 96 valence electrons. The Balaban J connectivity index is 2.00. The SMILES string of the molecule is CC[C@@H]1[C@H]2CCC[C@@H](C2=O)[C@@]2(O)CCCC[C@@H]12. The van der Waals surface area contributed by atoms with Crippen LogP contribution < -0.4 is 0 Å². The Morgan fingerprint density at radius 1 is 1.24 bits per heavy atom. The summed E-state index contributed by atoms with van der Waals surface area (Å²) in [5.41, 5.74) is -0.632. The van der Waals surface area contributed by atoms with Gasteiger partial charge in [-0.1, -0.05) is 32.6 Å². The van der Waals surface area contributed by atoms with Gasteiger partial charge in [-0.2, -0.15) is 0 Å². The molecule has 3 aliphatic rings. The first-order valence-corrected chi connectivity index (χ1v) is 7.44. The summed E-state index contributed by atoms with van der Waals surface area (Å²) in [5.74, 6) is 1.54. The van der Waals surface area contributed by atoms with Crippen LogP contribution in [0.2, 0.25) is 0 Å². The normalized spacial score (nSPS) is 49.9. The van der Waals surface area contributed by atoms with Crippen molar-refractivity contribution in [1.29, 1.82) is 0 Å². The van der Waals surface area contributed by atoms with Crippen molar-refractivity contribution in [3.63, 3.8) is 0 Å². The lowest BCUT2D eigenvalue weighted by atomic mass is 9.50. The average Bonchev–Trinajstić information content (AvgIpc) is 2.32. The number of fused-ring (bicyclic) bond motifs is 4. The summed E-state index contributed by atoms with van der Waals surface area (Å²) in [4.78, 5) is 12.5. The van der Waals surface area contributed by atoms with E-state index in [9.17, 15) is 9.90 Å². The van der Waals surface area contributed by atoms with Crippen molar-refractivity contribution < 1.29 is 9.90 Å². The summed E-state index contributed by atoms with van der Waals surface area (Å²) in [6.07, 6.45) is 8.61. The standard InChI is InChI=1S/C15H24O2/c1-2-10-11-6-5-8-13(14(11)16)15(17)9-4-3-7-12(10)15/h10-13,17H,2-9H2,1H3/t10-,11-,12+,13+,15-/m1/s1. The third kappa shape index (κ3) is 1.53. The third-order valence-electron chi connectivity index (χ3n) is 5.81. The monoisotopic (exact) mass is 236 g/mol. The zero-order valence-electron chi connectivity index (χ0n) is 10.8. The second-order valence-electron chi connectivity index (χ2n) is 6.41. The Hall–Kier alpha value is -0.370. The van der Waals surface area contributed by atoms with Gasteiger partial charge in [0, 0.05) is 11.8 Å². The van der Waals surface area contributed by atoms with Gasteiger partial charge in [-0.25, -0.2) is 0 Å². The van der Waals surface area contributed by atoms with Crippen LogP contribution in [-0.2, 0) is 4.79 Å². The molecule has 0 aromatic heterocycles. The van der Waals surface area contributed by atoms with Crippen LogP contribution in [-0.4, -0.2) is 16.5 Å². The van der Waals surface area contributed by atoms with Crippen molar-refractivity contribution in [1.82, 2.24) is 0 Å². The quantitative estimate of drug-likeness (QED) is 0.760. The van der Waals surface area contributed by atoms with Gasteiger partial charge in [0.15, 0.2) is 0 Å². The summed E-state index contributed by atoms with van der Waals surface area (Å²) in [7, 11) is 0. The predicted octanol–water partition coefficient (Wildman–Crippen LogP) is 2.93. The van der Waals surface area contributed by atoms with E-state index in [4.69, 9.17) is 0 Å². The summed E-state index contributed by atoms with van der Waals surface area (Å²) in [6, 6.07) is 0. The van der Waals surface area contributed by atoms with E-state index >= 15 is 0 Å². The lowest BCUT2D eigenvalue weighted by molar-refractivity contribution is -0.181. The van der Waals surface area contributed by atoms with E-state index in [1.165, 1.54) is 6.42 Å². The first kappa shape index (κ1) is 11.7. The zero-order valence-corrected chi connectivity index (χ0v) is 10.8. The average molecular weight is 236 g/mol. The molecule has 3 rings (SSSR count). The molecule has 3 fully saturated rings. The fraction of sp³-hybridized carbons (Fsp3) is 0.933. The van der Waals surface area contributed by atoms with Gasteiger partial charge in [-0.05, 0) is 37.5 Å². The summed E-state index contributed by atoms with van der Waals surface area (Å²) in [5, 5.41) is 11.1.